The first-order chi connectivity index (χ1) is 14.1. The van der Waals surface area contributed by atoms with Gasteiger partial charge >= 0.3 is 0 Å². The fraction of sp³-hybridized carbons (Fsp3) is 0.286. The van der Waals surface area contributed by atoms with E-state index >= 15 is 0 Å². The van der Waals surface area contributed by atoms with Crippen molar-refractivity contribution >= 4 is 46.1 Å². The molecular formula is C21H21ClN4O3. The molecule has 7 nitrogen and oxygen atoms in total. The summed E-state index contributed by atoms with van der Waals surface area (Å²) in [4.78, 5) is 32.1. The molecule has 0 spiro atoms. The second kappa shape index (κ2) is 8.23. The summed E-state index contributed by atoms with van der Waals surface area (Å²) >= 11 is 5.89. The predicted octanol–water partition coefficient (Wildman–Crippen LogP) is 3.64. The largest absolute Gasteiger partial charge is 0.385 e. The van der Waals surface area contributed by atoms with Gasteiger partial charge in [0.1, 0.15) is 6.04 Å². The van der Waals surface area contributed by atoms with E-state index in [1.165, 1.54) is 0 Å². The van der Waals surface area contributed by atoms with Crippen LogP contribution in [0.4, 0.5) is 11.6 Å². The van der Waals surface area contributed by atoms with Gasteiger partial charge in [-0.1, -0.05) is 23.7 Å². The van der Waals surface area contributed by atoms with Crippen LogP contribution in [0, 0.1) is 0 Å². The minimum Gasteiger partial charge on any atom is -0.385 e. The Morgan fingerprint density at radius 1 is 1.21 bits per heavy atom. The lowest BCUT2D eigenvalue weighted by Gasteiger charge is -2.15. The summed E-state index contributed by atoms with van der Waals surface area (Å²) in [5, 5.41) is 3.43. The van der Waals surface area contributed by atoms with Crippen molar-refractivity contribution < 1.29 is 14.3 Å². The van der Waals surface area contributed by atoms with Crippen molar-refractivity contribution in [2.45, 2.75) is 18.9 Å². The number of aromatic nitrogens is 2. The number of anilines is 2. The summed E-state index contributed by atoms with van der Waals surface area (Å²) < 4.78 is 6.98. The standard InChI is InChI=1S/C21H21ClN4O3/c1-29-12-4-11-25-20(28)18(13-19(27)23-15-9-7-14(22)8-10-15)26-17-6-3-2-5-16(17)24-21(25)26/h2-3,5-10,18H,4,11-13H2,1H3,(H,23,27)/t18-/m1/s1. The molecular weight excluding hydrogens is 392 g/mol. The number of fused-ring (bicyclic) bond motifs is 3. The van der Waals surface area contributed by atoms with Crippen LogP contribution >= 0.6 is 11.6 Å². The highest BCUT2D eigenvalue weighted by Gasteiger charge is 2.40. The number of benzene rings is 2. The molecule has 1 atom stereocenters. The minimum atomic E-state index is -0.632. The maximum Gasteiger partial charge on any atom is 0.253 e. The van der Waals surface area contributed by atoms with Crippen molar-refractivity contribution in [2.24, 2.45) is 0 Å². The van der Waals surface area contributed by atoms with Gasteiger partial charge in [-0.3, -0.25) is 19.1 Å². The van der Waals surface area contributed by atoms with Crippen LogP contribution in [0.1, 0.15) is 18.9 Å². The van der Waals surface area contributed by atoms with Gasteiger partial charge in [0.25, 0.3) is 5.91 Å². The number of nitrogens with one attached hydrogen (secondary N) is 1. The van der Waals surface area contributed by atoms with E-state index in [0.717, 1.165) is 11.0 Å². The average molecular weight is 413 g/mol. The molecule has 2 heterocycles. The molecule has 1 aromatic heterocycles. The molecule has 0 fully saturated rings. The van der Waals surface area contributed by atoms with E-state index in [1.807, 2.05) is 28.8 Å². The fourth-order valence-corrected chi connectivity index (χ4v) is 3.72. The molecule has 4 rings (SSSR count). The van der Waals surface area contributed by atoms with Gasteiger partial charge in [0.15, 0.2) is 0 Å². The van der Waals surface area contributed by atoms with Crippen molar-refractivity contribution in [3.8, 4) is 0 Å². The molecule has 0 saturated heterocycles. The van der Waals surface area contributed by atoms with Crippen molar-refractivity contribution in [3.05, 3.63) is 53.6 Å². The molecule has 2 aromatic carbocycles. The third kappa shape index (κ3) is 3.83. The molecule has 2 amide bonds. The number of amides is 2. The topological polar surface area (TPSA) is 76.5 Å². The summed E-state index contributed by atoms with van der Waals surface area (Å²) in [6.45, 7) is 1.04. The lowest BCUT2D eigenvalue weighted by atomic mass is 10.1. The van der Waals surface area contributed by atoms with Gasteiger partial charge in [0.2, 0.25) is 11.9 Å². The van der Waals surface area contributed by atoms with Gasteiger partial charge < -0.3 is 10.1 Å². The lowest BCUT2D eigenvalue weighted by Crippen LogP contribution is -2.32. The number of para-hydroxylation sites is 2. The molecule has 0 saturated carbocycles. The van der Waals surface area contributed by atoms with Crippen molar-refractivity contribution in [3.63, 3.8) is 0 Å². The Morgan fingerprint density at radius 3 is 2.72 bits per heavy atom. The fourth-order valence-electron chi connectivity index (χ4n) is 3.59. The van der Waals surface area contributed by atoms with Crippen molar-refractivity contribution in [2.75, 3.05) is 30.5 Å². The molecule has 1 aliphatic rings. The number of halogens is 1. The average Bonchev–Trinajstić information content (AvgIpc) is 3.20. The highest BCUT2D eigenvalue weighted by atomic mass is 35.5. The van der Waals surface area contributed by atoms with Gasteiger partial charge in [0.05, 0.1) is 17.5 Å². The molecule has 1 aliphatic heterocycles. The summed E-state index contributed by atoms with van der Waals surface area (Å²) in [5.41, 5.74) is 2.28. The third-order valence-corrected chi connectivity index (χ3v) is 5.17. The van der Waals surface area contributed by atoms with Gasteiger partial charge in [0, 0.05) is 31.0 Å². The van der Waals surface area contributed by atoms with Crippen LogP contribution in [0.3, 0.4) is 0 Å². The van der Waals surface area contributed by atoms with E-state index < -0.39 is 6.04 Å². The van der Waals surface area contributed by atoms with Crippen LogP contribution < -0.4 is 10.2 Å². The van der Waals surface area contributed by atoms with Crippen molar-refractivity contribution in [1.82, 2.24) is 9.55 Å². The summed E-state index contributed by atoms with van der Waals surface area (Å²) in [7, 11) is 1.63. The molecule has 0 bridgehead atoms. The Bertz CT molecular complexity index is 1050. The molecule has 29 heavy (non-hydrogen) atoms. The summed E-state index contributed by atoms with van der Waals surface area (Å²) in [6.07, 6.45) is 0.713. The van der Waals surface area contributed by atoms with Crippen LogP contribution in [0.2, 0.25) is 5.02 Å². The first-order valence-electron chi connectivity index (χ1n) is 9.41. The number of rotatable bonds is 7. The van der Waals surface area contributed by atoms with Crippen LogP contribution in [-0.2, 0) is 14.3 Å². The smallest absolute Gasteiger partial charge is 0.253 e. The molecule has 0 radical (unpaired) electrons. The maximum absolute atomic E-state index is 13.1. The van der Waals surface area contributed by atoms with E-state index in [4.69, 9.17) is 16.3 Å². The molecule has 0 unspecified atom stereocenters. The van der Waals surface area contributed by atoms with Crippen LogP contribution in [-0.4, -0.2) is 41.6 Å². The Hall–Kier alpha value is -2.90. The van der Waals surface area contributed by atoms with Gasteiger partial charge in [-0.25, -0.2) is 4.98 Å². The number of hydrogen-bond donors (Lipinski definition) is 1. The van der Waals surface area contributed by atoms with Crippen LogP contribution in [0.5, 0.6) is 0 Å². The minimum absolute atomic E-state index is 0.0234. The summed E-state index contributed by atoms with van der Waals surface area (Å²) in [6, 6.07) is 13.9. The second-order valence-corrected chi connectivity index (χ2v) is 7.32. The predicted molar refractivity (Wildman–Crippen MR) is 112 cm³/mol. The highest BCUT2D eigenvalue weighted by molar-refractivity contribution is 6.30. The second-order valence-electron chi connectivity index (χ2n) is 6.88. The number of ether oxygens (including phenoxy) is 1. The lowest BCUT2D eigenvalue weighted by molar-refractivity contribution is -0.124. The number of hydrogen-bond acceptors (Lipinski definition) is 4. The Morgan fingerprint density at radius 2 is 1.97 bits per heavy atom. The number of carbonyl (C=O) groups is 2. The van der Waals surface area contributed by atoms with Crippen LogP contribution in [0.25, 0.3) is 11.0 Å². The molecule has 8 heteroatoms. The van der Waals surface area contributed by atoms with Gasteiger partial charge in [-0.2, -0.15) is 0 Å². The van der Waals surface area contributed by atoms with Gasteiger partial charge in [-0.15, -0.1) is 0 Å². The highest BCUT2D eigenvalue weighted by Crippen LogP contribution is 2.36. The van der Waals surface area contributed by atoms with E-state index in [-0.39, 0.29) is 18.2 Å². The molecule has 150 valence electrons. The molecule has 0 aliphatic carbocycles. The number of imidazole rings is 1. The van der Waals surface area contributed by atoms with E-state index in [2.05, 4.69) is 10.3 Å². The Kier molecular flexibility index (Phi) is 5.51. The molecule has 1 N–H and O–H groups in total. The monoisotopic (exact) mass is 412 g/mol. The number of nitrogens with zero attached hydrogens (tertiary/aromatic N) is 3. The van der Waals surface area contributed by atoms with Crippen molar-refractivity contribution in [1.29, 1.82) is 0 Å². The first kappa shape index (κ1) is 19.4. The Labute approximate surface area is 173 Å². The normalized spacial score (nSPS) is 15.7. The van der Waals surface area contributed by atoms with Gasteiger partial charge in [-0.05, 0) is 42.8 Å². The zero-order valence-electron chi connectivity index (χ0n) is 16.0. The SMILES string of the molecule is COCCCN1C(=O)[C@@H](CC(=O)Nc2ccc(Cl)cc2)n2c1nc1ccccc12. The number of carbonyl (C=O) groups excluding carboxylic acids is 2. The summed E-state index contributed by atoms with van der Waals surface area (Å²) in [5.74, 6) is 0.213. The quantitative estimate of drug-likeness (QED) is 0.601. The number of methoxy groups -OCH3 is 1. The molecule has 3 aromatic rings. The third-order valence-electron chi connectivity index (χ3n) is 4.92. The van der Waals surface area contributed by atoms with E-state index in [1.54, 1.807) is 36.3 Å². The van der Waals surface area contributed by atoms with E-state index in [9.17, 15) is 9.59 Å². The maximum atomic E-state index is 13.1. The first-order valence-corrected chi connectivity index (χ1v) is 9.79. The van der Waals surface area contributed by atoms with E-state index in [0.29, 0.717) is 36.2 Å². The zero-order valence-corrected chi connectivity index (χ0v) is 16.7. The zero-order chi connectivity index (χ0) is 20.4. The Balaban J connectivity index is 1.60. The van der Waals surface area contributed by atoms with Crippen LogP contribution in [0.15, 0.2) is 48.5 Å².